The first-order chi connectivity index (χ1) is 5.47. The first-order valence-electron chi connectivity index (χ1n) is 3.00. The lowest BCUT2D eigenvalue weighted by Gasteiger charge is -2.04. The highest BCUT2D eigenvalue weighted by molar-refractivity contribution is 9.10. The highest BCUT2D eigenvalue weighted by atomic mass is 79.9. The zero-order valence-electron chi connectivity index (χ0n) is 5.77. The molecule has 1 nitrogen and oxygen atoms in total. The molecule has 0 bridgehead atoms. The second-order valence-electron chi connectivity index (χ2n) is 2.12. The first kappa shape index (κ1) is 9.51. The number of halogens is 4. The number of hydrogen-bond acceptors (Lipinski definition) is 1. The topological polar surface area (TPSA) is 12.9 Å². The van der Waals surface area contributed by atoms with E-state index < -0.39 is 6.18 Å². The van der Waals surface area contributed by atoms with Gasteiger partial charge < -0.3 is 0 Å². The number of alkyl halides is 3. The molecule has 65 valence electrons. The van der Waals surface area contributed by atoms with Crippen molar-refractivity contribution in [2.24, 2.45) is 0 Å². The predicted octanol–water partition coefficient (Wildman–Crippen LogP) is 2.96. The van der Waals surface area contributed by atoms with E-state index in [4.69, 9.17) is 0 Å². The third kappa shape index (κ3) is 3.21. The lowest BCUT2D eigenvalue weighted by Crippen LogP contribution is -2.08. The van der Waals surface area contributed by atoms with Crippen LogP contribution in [0.15, 0.2) is 22.9 Å². The van der Waals surface area contributed by atoms with Crippen LogP contribution in [0, 0.1) is 6.42 Å². The standard InChI is InChI=1S/C7H4BrF3N/c8-6-1-5(3-12-4-6)2-7(9,10)11/h1-4H. The van der Waals surface area contributed by atoms with Gasteiger partial charge in [-0.25, -0.2) is 0 Å². The maximum Gasteiger partial charge on any atom is 0.396 e. The second-order valence-corrected chi connectivity index (χ2v) is 3.04. The maximum atomic E-state index is 11.8. The normalized spacial score (nSPS) is 11.7. The van der Waals surface area contributed by atoms with E-state index in [1.807, 2.05) is 0 Å². The average Bonchev–Trinajstić information content (AvgIpc) is 1.82. The van der Waals surface area contributed by atoms with Crippen LogP contribution in [0.3, 0.4) is 0 Å². The monoisotopic (exact) mass is 238 g/mol. The molecule has 1 aromatic heterocycles. The minimum Gasteiger partial charge on any atom is -0.263 e. The highest BCUT2D eigenvalue weighted by Crippen LogP contribution is 2.24. The summed E-state index contributed by atoms with van der Waals surface area (Å²) in [4.78, 5) is 3.59. The Hall–Kier alpha value is -0.580. The molecule has 0 fully saturated rings. The van der Waals surface area contributed by atoms with Gasteiger partial charge in [0.2, 0.25) is 0 Å². The Labute approximate surface area is 75.7 Å². The van der Waals surface area contributed by atoms with Crippen LogP contribution < -0.4 is 0 Å². The lowest BCUT2D eigenvalue weighted by atomic mass is 10.2. The molecule has 0 amide bonds. The van der Waals surface area contributed by atoms with Gasteiger partial charge in [-0.3, -0.25) is 4.98 Å². The fourth-order valence-electron chi connectivity index (χ4n) is 0.696. The Morgan fingerprint density at radius 3 is 2.50 bits per heavy atom. The minimum absolute atomic E-state index is 0.0388. The molecule has 0 aliphatic rings. The molecular weight excluding hydrogens is 235 g/mol. The Morgan fingerprint density at radius 2 is 2.00 bits per heavy atom. The molecule has 5 heteroatoms. The molecule has 1 radical (unpaired) electrons. The van der Waals surface area contributed by atoms with Crippen molar-refractivity contribution >= 4 is 15.9 Å². The van der Waals surface area contributed by atoms with Crippen LogP contribution in [-0.2, 0) is 0 Å². The van der Waals surface area contributed by atoms with Gasteiger partial charge in [0.15, 0.2) is 0 Å². The third-order valence-electron chi connectivity index (χ3n) is 1.06. The van der Waals surface area contributed by atoms with Crippen LogP contribution >= 0.6 is 15.9 Å². The van der Waals surface area contributed by atoms with Crippen LogP contribution in [0.5, 0.6) is 0 Å². The molecule has 1 aromatic rings. The van der Waals surface area contributed by atoms with Gasteiger partial charge in [-0.05, 0) is 27.6 Å². The predicted molar refractivity (Wildman–Crippen MR) is 41.4 cm³/mol. The number of pyridine rings is 1. The van der Waals surface area contributed by atoms with Crippen molar-refractivity contribution in [3.63, 3.8) is 0 Å². The summed E-state index contributed by atoms with van der Waals surface area (Å²) in [6.45, 7) is 0. The Morgan fingerprint density at radius 1 is 1.33 bits per heavy atom. The number of rotatable bonds is 1. The summed E-state index contributed by atoms with van der Waals surface area (Å²) < 4.78 is 35.9. The third-order valence-corrected chi connectivity index (χ3v) is 1.49. The molecule has 0 aliphatic carbocycles. The SMILES string of the molecule is FC(F)(F)[CH]c1cncc(Br)c1. The van der Waals surface area contributed by atoms with Crippen molar-refractivity contribution in [1.82, 2.24) is 4.98 Å². The van der Waals surface area contributed by atoms with Crippen molar-refractivity contribution < 1.29 is 13.2 Å². The molecule has 0 aromatic carbocycles. The molecule has 1 rings (SSSR count). The van der Waals surface area contributed by atoms with E-state index in [9.17, 15) is 13.2 Å². The van der Waals surface area contributed by atoms with Crippen molar-refractivity contribution in [3.05, 3.63) is 34.9 Å². The van der Waals surface area contributed by atoms with Crippen LogP contribution in [0.25, 0.3) is 0 Å². The van der Waals surface area contributed by atoms with Gasteiger partial charge in [-0.1, -0.05) is 0 Å². The number of nitrogens with zero attached hydrogens (tertiary/aromatic N) is 1. The van der Waals surface area contributed by atoms with E-state index in [-0.39, 0.29) is 12.0 Å². The molecule has 0 saturated carbocycles. The fraction of sp³-hybridized carbons (Fsp3) is 0.143. The van der Waals surface area contributed by atoms with Crippen molar-refractivity contribution in [2.75, 3.05) is 0 Å². The van der Waals surface area contributed by atoms with Crippen LogP contribution in [0.2, 0.25) is 0 Å². The van der Waals surface area contributed by atoms with E-state index in [0.29, 0.717) is 4.47 Å². The summed E-state index contributed by atoms with van der Waals surface area (Å²) in [5.41, 5.74) is 0.0388. The van der Waals surface area contributed by atoms with Crippen LogP contribution in [0.1, 0.15) is 5.56 Å². The molecule has 0 aliphatic heterocycles. The summed E-state index contributed by atoms with van der Waals surface area (Å²) >= 11 is 3.02. The Kier molecular flexibility index (Phi) is 2.72. The highest BCUT2D eigenvalue weighted by Gasteiger charge is 2.28. The molecular formula is C7H4BrF3N. The summed E-state index contributed by atoms with van der Waals surface area (Å²) in [6.07, 6.45) is -1.51. The average molecular weight is 239 g/mol. The van der Waals surface area contributed by atoms with Crippen molar-refractivity contribution in [1.29, 1.82) is 0 Å². The minimum atomic E-state index is -4.29. The Bertz CT molecular complexity index is 272. The molecule has 0 saturated heterocycles. The van der Waals surface area contributed by atoms with E-state index in [0.717, 1.165) is 6.20 Å². The zero-order valence-corrected chi connectivity index (χ0v) is 7.35. The van der Waals surface area contributed by atoms with Gasteiger partial charge >= 0.3 is 6.18 Å². The van der Waals surface area contributed by atoms with Gasteiger partial charge in [-0.2, -0.15) is 13.2 Å². The summed E-state index contributed by atoms with van der Waals surface area (Å²) in [6, 6.07) is 1.35. The summed E-state index contributed by atoms with van der Waals surface area (Å²) in [5.74, 6) is 0. The van der Waals surface area contributed by atoms with Gasteiger partial charge in [0.1, 0.15) is 0 Å². The van der Waals surface area contributed by atoms with E-state index in [1.165, 1.54) is 12.3 Å². The van der Waals surface area contributed by atoms with Gasteiger partial charge in [0, 0.05) is 16.9 Å². The zero-order chi connectivity index (χ0) is 9.19. The maximum absolute atomic E-state index is 11.8. The van der Waals surface area contributed by atoms with E-state index in [2.05, 4.69) is 20.9 Å². The van der Waals surface area contributed by atoms with Gasteiger partial charge in [-0.15, -0.1) is 0 Å². The molecule has 0 atom stereocenters. The molecule has 12 heavy (non-hydrogen) atoms. The van der Waals surface area contributed by atoms with Gasteiger partial charge in [0.25, 0.3) is 0 Å². The van der Waals surface area contributed by atoms with Gasteiger partial charge in [0.05, 0.1) is 6.42 Å². The Balaban J connectivity index is 2.77. The van der Waals surface area contributed by atoms with E-state index >= 15 is 0 Å². The molecule has 0 spiro atoms. The van der Waals surface area contributed by atoms with Crippen LogP contribution in [-0.4, -0.2) is 11.2 Å². The second kappa shape index (κ2) is 3.43. The molecule has 1 heterocycles. The number of aromatic nitrogens is 1. The molecule has 0 unspecified atom stereocenters. The smallest absolute Gasteiger partial charge is 0.263 e. The van der Waals surface area contributed by atoms with Crippen LogP contribution in [0.4, 0.5) is 13.2 Å². The van der Waals surface area contributed by atoms with E-state index in [1.54, 1.807) is 0 Å². The summed E-state index contributed by atoms with van der Waals surface area (Å²) in [7, 11) is 0. The fourth-order valence-corrected chi connectivity index (χ4v) is 1.08. The lowest BCUT2D eigenvalue weighted by molar-refractivity contribution is -0.0928. The number of hydrogen-bond donors (Lipinski definition) is 0. The van der Waals surface area contributed by atoms with Crippen molar-refractivity contribution in [2.45, 2.75) is 6.18 Å². The largest absolute Gasteiger partial charge is 0.396 e. The summed E-state index contributed by atoms with van der Waals surface area (Å²) in [5, 5.41) is 0. The first-order valence-corrected chi connectivity index (χ1v) is 3.80. The quantitative estimate of drug-likeness (QED) is 0.734. The molecule has 0 N–H and O–H groups in total. The van der Waals surface area contributed by atoms with Crippen molar-refractivity contribution in [3.8, 4) is 0 Å².